The van der Waals surface area contributed by atoms with Crippen molar-refractivity contribution in [3.05, 3.63) is 20.8 Å². The summed E-state index contributed by atoms with van der Waals surface area (Å²) in [6.07, 6.45) is 1.86. The molecule has 0 saturated carbocycles. The fraction of sp³-hybridized carbons (Fsp3) is 0.429. The van der Waals surface area contributed by atoms with Crippen LogP contribution in [0.1, 0.15) is 11.3 Å². The van der Waals surface area contributed by atoms with Gasteiger partial charge in [0.05, 0.1) is 3.79 Å². The Morgan fingerprint density at radius 2 is 2.30 bits per heavy atom. The van der Waals surface area contributed by atoms with Crippen LogP contribution in [-0.4, -0.2) is 11.7 Å². The van der Waals surface area contributed by atoms with Crippen LogP contribution in [-0.2, 0) is 6.42 Å². The van der Waals surface area contributed by atoms with Gasteiger partial charge < -0.3 is 5.11 Å². The molecule has 1 aromatic heterocycles. The van der Waals surface area contributed by atoms with Crippen molar-refractivity contribution in [1.82, 2.24) is 0 Å². The van der Waals surface area contributed by atoms with Crippen molar-refractivity contribution in [2.75, 3.05) is 6.61 Å². The zero-order valence-electron chi connectivity index (χ0n) is 5.51. The Balaban J connectivity index is 2.42. The first-order valence-corrected chi connectivity index (χ1v) is 4.79. The average Bonchev–Trinajstić information content (AvgIpc) is 2.31. The van der Waals surface area contributed by atoms with Crippen LogP contribution < -0.4 is 0 Å². The van der Waals surface area contributed by atoms with E-state index in [1.54, 1.807) is 11.3 Å². The van der Waals surface area contributed by atoms with E-state index >= 15 is 0 Å². The largest absolute Gasteiger partial charge is 0.396 e. The summed E-state index contributed by atoms with van der Waals surface area (Å²) in [7, 11) is 0. The Morgan fingerprint density at radius 3 is 2.80 bits per heavy atom. The van der Waals surface area contributed by atoms with Crippen LogP contribution in [0.5, 0.6) is 0 Å². The molecule has 0 unspecified atom stereocenters. The van der Waals surface area contributed by atoms with Crippen LogP contribution in [0, 0.1) is 0 Å². The summed E-state index contributed by atoms with van der Waals surface area (Å²) in [6, 6.07) is 4.13. The maximum Gasteiger partial charge on any atom is 0.0701 e. The fourth-order valence-electron chi connectivity index (χ4n) is 0.739. The predicted molar refractivity (Wildman–Crippen MR) is 47.4 cm³/mol. The van der Waals surface area contributed by atoms with Gasteiger partial charge in [0, 0.05) is 11.5 Å². The van der Waals surface area contributed by atoms with E-state index in [1.807, 2.05) is 6.07 Å². The van der Waals surface area contributed by atoms with Gasteiger partial charge in [-0.05, 0) is 40.9 Å². The third kappa shape index (κ3) is 2.40. The number of rotatable bonds is 3. The quantitative estimate of drug-likeness (QED) is 0.831. The van der Waals surface area contributed by atoms with Crippen molar-refractivity contribution in [2.24, 2.45) is 0 Å². The lowest BCUT2D eigenvalue weighted by Crippen LogP contribution is -1.84. The van der Waals surface area contributed by atoms with Crippen molar-refractivity contribution in [2.45, 2.75) is 12.8 Å². The molecule has 0 aromatic carbocycles. The second kappa shape index (κ2) is 4.11. The molecule has 0 aliphatic heterocycles. The molecule has 0 bridgehead atoms. The number of hydrogen-bond acceptors (Lipinski definition) is 2. The summed E-state index contributed by atoms with van der Waals surface area (Å²) in [5.74, 6) is 0. The number of hydrogen-bond donors (Lipinski definition) is 1. The molecule has 0 aliphatic carbocycles. The zero-order chi connectivity index (χ0) is 7.40. The van der Waals surface area contributed by atoms with Crippen LogP contribution in [0.15, 0.2) is 15.9 Å². The van der Waals surface area contributed by atoms with Gasteiger partial charge in [0.1, 0.15) is 0 Å². The topological polar surface area (TPSA) is 20.2 Å². The van der Waals surface area contributed by atoms with Crippen LogP contribution in [0.4, 0.5) is 0 Å². The van der Waals surface area contributed by atoms with Gasteiger partial charge in [0.25, 0.3) is 0 Å². The molecule has 0 spiro atoms. The van der Waals surface area contributed by atoms with Gasteiger partial charge in [-0.1, -0.05) is 0 Å². The summed E-state index contributed by atoms with van der Waals surface area (Å²) in [6.45, 7) is 0.287. The number of halogens is 1. The van der Waals surface area contributed by atoms with Crippen LogP contribution >= 0.6 is 27.3 Å². The first-order chi connectivity index (χ1) is 4.83. The van der Waals surface area contributed by atoms with Crippen LogP contribution in [0.2, 0.25) is 0 Å². The summed E-state index contributed by atoms with van der Waals surface area (Å²) in [5.41, 5.74) is 0. The normalized spacial score (nSPS) is 10.2. The minimum Gasteiger partial charge on any atom is -0.396 e. The van der Waals surface area contributed by atoms with Crippen molar-refractivity contribution >= 4 is 27.3 Å². The van der Waals surface area contributed by atoms with E-state index in [0.717, 1.165) is 12.8 Å². The second-order valence-electron chi connectivity index (χ2n) is 2.03. The first-order valence-electron chi connectivity index (χ1n) is 3.18. The molecule has 0 radical (unpaired) electrons. The monoisotopic (exact) mass is 220 g/mol. The van der Waals surface area contributed by atoms with Crippen LogP contribution in [0.3, 0.4) is 0 Å². The summed E-state index contributed by atoms with van der Waals surface area (Å²) in [4.78, 5) is 1.33. The van der Waals surface area contributed by atoms with Gasteiger partial charge in [0.15, 0.2) is 0 Å². The molecule has 1 N–H and O–H groups in total. The molecule has 1 rings (SSSR count). The molecule has 0 aliphatic rings. The molecule has 56 valence electrons. The molecular weight excluding hydrogens is 212 g/mol. The number of aryl methyl sites for hydroxylation is 1. The van der Waals surface area contributed by atoms with E-state index in [-0.39, 0.29) is 6.61 Å². The van der Waals surface area contributed by atoms with E-state index in [1.165, 1.54) is 8.66 Å². The molecule has 0 atom stereocenters. The number of aliphatic hydroxyl groups excluding tert-OH is 1. The molecule has 0 fully saturated rings. The Labute approximate surface area is 72.8 Å². The van der Waals surface area contributed by atoms with Crippen molar-refractivity contribution < 1.29 is 5.11 Å². The lowest BCUT2D eigenvalue weighted by atomic mass is 10.3. The Bertz CT molecular complexity index is 197. The molecule has 1 aromatic rings. The van der Waals surface area contributed by atoms with Crippen molar-refractivity contribution in [3.63, 3.8) is 0 Å². The van der Waals surface area contributed by atoms with E-state index in [4.69, 9.17) is 5.11 Å². The molecule has 1 nitrogen and oxygen atoms in total. The third-order valence-electron chi connectivity index (χ3n) is 1.21. The highest BCUT2D eigenvalue weighted by Gasteiger charge is 1.95. The van der Waals surface area contributed by atoms with Gasteiger partial charge in [0.2, 0.25) is 0 Å². The molecule has 10 heavy (non-hydrogen) atoms. The number of aliphatic hydroxyl groups is 1. The maximum atomic E-state index is 8.53. The Hall–Kier alpha value is 0.140. The van der Waals surface area contributed by atoms with E-state index in [2.05, 4.69) is 22.0 Å². The fourth-order valence-corrected chi connectivity index (χ4v) is 2.26. The zero-order valence-corrected chi connectivity index (χ0v) is 7.91. The molecule has 1 heterocycles. The molecule has 0 amide bonds. The molecular formula is C7H9BrOS. The van der Waals surface area contributed by atoms with Gasteiger partial charge in [-0.2, -0.15) is 0 Å². The van der Waals surface area contributed by atoms with E-state index in [9.17, 15) is 0 Å². The minimum atomic E-state index is 0.287. The summed E-state index contributed by atoms with van der Waals surface area (Å²) < 4.78 is 1.17. The first kappa shape index (κ1) is 8.24. The maximum absolute atomic E-state index is 8.53. The second-order valence-corrected chi connectivity index (χ2v) is 4.58. The highest BCUT2D eigenvalue weighted by Crippen LogP contribution is 2.22. The SMILES string of the molecule is OCCCc1ccc(Br)s1. The lowest BCUT2D eigenvalue weighted by Gasteiger charge is -1.90. The van der Waals surface area contributed by atoms with Gasteiger partial charge in [-0.25, -0.2) is 0 Å². The molecule has 3 heteroatoms. The highest BCUT2D eigenvalue weighted by molar-refractivity contribution is 9.11. The molecule has 0 saturated heterocycles. The third-order valence-corrected chi connectivity index (χ3v) is 2.89. The van der Waals surface area contributed by atoms with Gasteiger partial charge >= 0.3 is 0 Å². The van der Waals surface area contributed by atoms with Crippen LogP contribution in [0.25, 0.3) is 0 Å². The smallest absolute Gasteiger partial charge is 0.0701 e. The minimum absolute atomic E-state index is 0.287. The summed E-state index contributed by atoms with van der Waals surface area (Å²) >= 11 is 5.11. The van der Waals surface area contributed by atoms with Crippen molar-refractivity contribution in [1.29, 1.82) is 0 Å². The van der Waals surface area contributed by atoms with Crippen molar-refractivity contribution in [3.8, 4) is 0 Å². The lowest BCUT2D eigenvalue weighted by molar-refractivity contribution is 0.289. The average molecular weight is 221 g/mol. The highest BCUT2D eigenvalue weighted by atomic mass is 79.9. The Kier molecular flexibility index (Phi) is 3.39. The Morgan fingerprint density at radius 1 is 1.50 bits per heavy atom. The van der Waals surface area contributed by atoms with Gasteiger partial charge in [-0.3, -0.25) is 0 Å². The standard InChI is InChI=1S/C7H9BrOS/c8-7-4-3-6(10-7)2-1-5-9/h3-4,9H,1-2,5H2. The number of thiophene rings is 1. The van der Waals surface area contributed by atoms with E-state index < -0.39 is 0 Å². The van der Waals surface area contributed by atoms with Gasteiger partial charge in [-0.15, -0.1) is 11.3 Å². The summed E-state index contributed by atoms with van der Waals surface area (Å²) in [5, 5.41) is 8.53. The predicted octanol–water partition coefficient (Wildman–Crippen LogP) is 2.44. The van der Waals surface area contributed by atoms with E-state index in [0.29, 0.717) is 0 Å².